The molecule has 0 radical (unpaired) electrons. The van der Waals surface area contributed by atoms with Crippen LogP contribution >= 0.6 is 0 Å². The second-order valence-corrected chi connectivity index (χ2v) is 6.17. The van der Waals surface area contributed by atoms with Crippen molar-refractivity contribution in [3.05, 3.63) is 22.4 Å². The van der Waals surface area contributed by atoms with Crippen molar-refractivity contribution in [2.75, 3.05) is 24.5 Å². The molecule has 0 aliphatic carbocycles. The van der Waals surface area contributed by atoms with Gasteiger partial charge in [-0.15, -0.1) is 0 Å². The van der Waals surface area contributed by atoms with E-state index in [-0.39, 0.29) is 11.1 Å². The molecular formula is C14H24N6O. The first-order valence-electron chi connectivity index (χ1n) is 7.28. The molecule has 0 aliphatic heterocycles. The molecule has 0 aromatic carbocycles. The Kier molecular flexibility index (Phi) is 4.32. The molecule has 0 atom stereocenters. The highest BCUT2D eigenvalue weighted by Gasteiger charge is 2.22. The number of hydrogen-bond acceptors (Lipinski definition) is 5. The highest BCUT2D eigenvalue weighted by Crippen LogP contribution is 2.21. The van der Waals surface area contributed by atoms with Crippen molar-refractivity contribution < 1.29 is 0 Å². The zero-order valence-corrected chi connectivity index (χ0v) is 13.2. The summed E-state index contributed by atoms with van der Waals surface area (Å²) in [5.41, 5.74) is 6.18. The third-order valence-corrected chi connectivity index (χ3v) is 3.55. The van der Waals surface area contributed by atoms with Crippen LogP contribution in [-0.4, -0.2) is 39.2 Å². The summed E-state index contributed by atoms with van der Waals surface area (Å²) < 4.78 is 1.47. The molecule has 2 rings (SSSR count). The number of aryl methyl sites for hydroxylation is 1. The summed E-state index contributed by atoms with van der Waals surface area (Å²) in [6, 6.07) is 1.84. The van der Waals surface area contributed by atoms with Crippen molar-refractivity contribution in [1.82, 2.24) is 19.6 Å². The number of hydrogen-bond donors (Lipinski definition) is 2. The Morgan fingerprint density at radius 1 is 1.48 bits per heavy atom. The summed E-state index contributed by atoms with van der Waals surface area (Å²) in [6.45, 7) is 10.5. The van der Waals surface area contributed by atoms with Gasteiger partial charge in [-0.1, -0.05) is 20.8 Å². The zero-order chi connectivity index (χ0) is 15.6. The number of aromatic amines is 1. The van der Waals surface area contributed by atoms with E-state index in [0.29, 0.717) is 18.0 Å². The Labute approximate surface area is 124 Å². The molecule has 0 spiro atoms. The van der Waals surface area contributed by atoms with E-state index >= 15 is 0 Å². The minimum absolute atomic E-state index is 0.00211. The minimum atomic E-state index is -0.258. The van der Waals surface area contributed by atoms with Crippen molar-refractivity contribution in [3.8, 4) is 0 Å². The highest BCUT2D eigenvalue weighted by atomic mass is 16.1. The summed E-state index contributed by atoms with van der Waals surface area (Å²) >= 11 is 0. The number of H-pyrrole nitrogens is 1. The molecular weight excluding hydrogens is 268 g/mol. The SMILES string of the molecule is CCCN(CC(C)(C)CN)c1cc2n[nH]c(=O)n2c(C)n1. The number of nitrogens with one attached hydrogen (secondary N) is 1. The monoisotopic (exact) mass is 292 g/mol. The van der Waals surface area contributed by atoms with Gasteiger partial charge in [-0.2, -0.15) is 5.10 Å². The Hall–Kier alpha value is -1.89. The fourth-order valence-electron chi connectivity index (χ4n) is 2.37. The van der Waals surface area contributed by atoms with Crippen molar-refractivity contribution in [2.24, 2.45) is 11.1 Å². The molecule has 0 saturated carbocycles. The standard InChI is InChI=1S/C14H24N6O/c1-5-6-19(9-14(3,4)8-15)11-7-12-17-18-13(21)20(12)10(2)16-11/h7H,5-6,8-9,15H2,1-4H3,(H,18,21). The van der Waals surface area contributed by atoms with Crippen LogP contribution in [0.3, 0.4) is 0 Å². The zero-order valence-electron chi connectivity index (χ0n) is 13.2. The fraction of sp³-hybridized carbons (Fsp3) is 0.643. The van der Waals surface area contributed by atoms with Crippen molar-refractivity contribution in [1.29, 1.82) is 0 Å². The van der Waals surface area contributed by atoms with Gasteiger partial charge in [0.1, 0.15) is 11.6 Å². The van der Waals surface area contributed by atoms with Crippen LogP contribution in [-0.2, 0) is 0 Å². The topological polar surface area (TPSA) is 92.3 Å². The smallest absolute Gasteiger partial charge is 0.349 e. The molecule has 0 fully saturated rings. The van der Waals surface area contributed by atoms with Crippen LogP contribution < -0.4 is 16.3 Å². The summed E-state index contributed by atoms with van der Waals surface area (Å²) in [4.78, 5) is 18.4. The van der Waals surface area contributed by atoms with Gasteiger partial charge in [0.25, 0.3) is 0 Å². The Bertz CT molecular complexity index is 672. The van der Waals surface area contributed by atoms with E-state index in [4.69, 9.17) is 5.73 Å². The average Bonchev–Trinajstić information content (AvgIpc) is 2.80. The van der Waals surface area contributed by atoms with E-state index < -0.39 is 0 Å². The van der Waals surface area contributed by atoms with Gasteiger partial charge >= 0.3 is 5.69 Å². The number of anilines is 1. The molecule has 0 bridgehead atoms. The number of fused-ring (bicyclic) bond motifs is 1. The van der Waals surface area contributed by atoms with Gasteiger partial charge in [0.05, 0.1) is 0 Å². The molecule has 0 amide bonds. The van der Waals surface area contributed by atoms with Crippen LogP contribution in [0.25, 0.3) is 5.65 Å². The van der Waals surface area contributed by atoms with Crippen molar-refractivity contribution in [3.63, 3.8) is 0 Å². The quantitative estimate of drug-likeness (QED) is 0.826. The molecule has 21 heavy (non-hydrogen) atoms. The molecule has 116 valence electrons. The number of rotatable bonds is 6. The first kappa shape index (κ1) is 15.5. The van der Waals surface area contributed by atoms with Gasteiger partial charge in [-0.05, 0) is 25.3 Å². The van der Waals surface area contributed by atoms with Crippen LogP contribution in [0.2, 0.25) is 0 Å². The second-order valence-electron chi connectivity index (χ2n) is 6.17. The van der Waals surface area contributed by atoms with E-state index in [2.05, 4.69) is 40.9 Å². The van der Waals surface area contributed by atoms with E-state index in [9.17, 15) is 4.79 Å². The highest BCUT2D eigenvalue weighted by molar-refractivity contribution is 5.51. The van der Waals surface area contributed by atoms with E-state index in [1.165, 1.54) is 4.40 Å². The summed E-state index contributed by atoms with van der Waals surface area (Å²) in [6.07, 6.45) is 1.01. The maximum Gasteiger partial charge on any atom is 0.349 e. The Balaban J connectivity index is 2.43. The van der Waals surface area contributed by atoms with Crippen LogP contribution in [0.5, 0.6) is 0 Å². The van der Waals surface area contributed by atoms with E-state index in [1.54, 1.807) is 0 Å². The maximum absolute atomic E-state index is 11.7. The van der Waals surface area contributed by atoms with Crippen LogP contribution in [0.1, 0.15) is 33.0 Å². The van der Waals surface area contributed by atoms with Gasteiger partial charge in [0, 0.05) is 19.2 Å². The van der Waals surface area contributed by atoms with Crippen LogP contribution in [0.15, 0.2) is 10.9 Å². The molecule has 0 aliphatic rings. The lowest BCUT2D eigenvalue weighted by Crippen LogP contribution is -2.39. The first-order valence-corrected chi connectivity index (χ1v) is 7.28. The summed E-state index contributed by atoms with van der Waals surface area (Å²) in [7, 11) is 0. The number of aromatic nitrogens is 4. The molecule has 7 heteroatoms. The summed E-state index contributed by atoms with van der Waals surface area (Å²) in [5, 5.41) is 6.49. The average molecular weight is 292 g/mol. The van der Waals surface area contributed by atoms with E-state index in [1.807, 2.05) is 13.0 Å². The molecule has 7 nitrogen and oxygen atoms in total. The largest absolute Gasteiger partial charge is 0.356 e. The predicted octanol–water partition coefficient (Wildman–Crippen LogP) is 0.927. The Morgan fingerprint density at radius 3 is 2.81 bits per heavy atom. The van der Waals surface area contributed by atoms with Crippen molar-refractivity contribution in [2.45, 2.75) is 34.1 Å². The number of nitrogens with two attached hydrogens (primary N) is 1. The van der Waals surface area contributed by atoms with Gasteiger partial charge in [0.15, 0.2) is 5.65 Å². The van der Waals surface area contributed by atoms with Crippen LogP contribution in [0.4, 0.5) is 5.82 Å². The van der Waals surface area contributed by atoms with Crippen LogP contribution in [0, 0.1) is 12.3 Å². The molecule has 0 unspecified atom stereocenters. The minimum Gasteiger partial charge on any atom is -0.356 e. The number of nitrogens with zero attached hydrogens (tertiary/aromatic N) is 4. The first-order chi connectivity index (χ1) is 9.88. The Morgan fingerprint density at radius 2 is 2.19 bits per heavy atom. The van der Waals surface area contributed by atoms with Gasteiger partial charge in [-0.25, -0.2) is 19.3 Å². The molecule has 2 heterocycles. The van der Waals surface area contributed by atoms with E-state index in [0.717, 1.165) is 25.3 Å². The normalized spacial score (nSPS) is 12.0. The lowest BCUT2D eigenvalue weighted by molar-refractivity contribution is 0.376. The lowest BCUT2D eigenvalue weighted by Gasteiger charge is -2.32. The van der Waals surface area contributed by atoms with Gasteiger partial charge < -0.3 is 10.6 Å². The molecule has 2 aromatic rings. The molecule has 0 saturated heterocycles. The molecule has 3 N–H and O–H groups in total. The van der Waals surface area contributed by atoms with Gasteiger partial charge in [-0.3, -0.25) is 0 Å². The molecule has 2 aromatic heterocycles. The maximum atomic E-state index is 11.7. The summed E-state index contributed by atoms with van der Waals surface area (Å²) in [5.74, 6) is 1.47. The third kappa shape index (κ3) is 3.24. The lowest BCUT2D eigenvalue weighted by atomic mass is 9.93. The second kappa shape index (κ2) is 5.85. The fourth-order valence-corrected chi connectivity index (χ4v) is 2.37. The van der Waals surface area contributed by atoms with Crippen molar-refractivity contribution >= 4 is 11.5 Å². The predicted molar refractivity (Wildman–Crippen MR) is 83.7 cm³/mol. The van der Waals surface area contributed by atoms with Gasteiger partial charge in [0.2, 0.25) is 0 Å². The third-order valence-electron chi connectivity index (χ3n) is 3.55.